The van der Waals surface area contributed by atoms with Crippen LogP contribution in [0.1, 0.15) is 15.9 Å². The van der Waals surface area contributed by atoms with Crippen LogP contribution in [0.15, 0.2) is 60.8 Å². The van der Waals surface area contributed by atoms with E-state index in [9.17, 15) is 13.2 Å². The zero-order valence-corrected chi connectivity index (χ0v) is 13.4. The fourth-order valence-corrected chi connectivity index (χ4v) is 2.94. The molecule has 2 aromatic carbocycles. The van der Waals surface area contributed by atoms with Crippen molar-refractivity contribution in [2.45, 2.75) is 6.54 Å². The van der Waals surface area contributed by atoms with E-state index in [0.29, 0.717) is 5.56 Å². The van der Waals surface area contributed by atoms with Gasteiger partial charge in [0.15, 0.2) is 0 Å². The second-order valence-corrected chi connectivity index (χ2v) is 7.15. The second-order valence-electron chi connectivity index (χ2n) is 5.41. The maximum absolute atomic E-state index is 11.9. The van der Waals surface area contributed by atoms with E-state index in [1.165, 1.54) is 5.56 Å². The average Bonchev–Trinajstić information content (AvgIpc) is 2.89. The van der Waals surface area contributed by atoms with Gasteiger partial charge in [-0.3, -0.25) is 4.79 Å². The molecule has 5 nitrogen and oxygen atoms in total. The minimum Gasteiger partial charge on any atom is -0.343 e. The quantitative estimate of drug-likeness (QED) is 0.799. The highest BCUT2D eigenvalue weighted by Gasteiger charge is 2.12. The van der Waals surface area contributed by atoms with Crippen LogP contribution in [0, 0.1) is 0 Å². The molecule has 1 amide bonds. The Labute approximate surface area is 134 Å². The van der Waals surface area contributed by atoms with Gasteiger partial charge in [0.05, 0.1) is 6.26 Å². The van der Waals surface area contributed by atoms with Gasteiger partial charge in [0.25, 0.3) is 5.91 Å². The van der Waals surface area contributed by atoms with Crippen molar-refractivity contribution < 1.29 is 13.2 Å². The molecule has 1 aromatic heterocycles. The summed E-state index contributed by atoms with van der Waals surface area (Å²) in [5, 5.41) is 0.891. The summed E-state index contributed by atoms with van der Waals surface area (Å²) in [5.41, 5.74) is 2.49. The summed E-state index contributed by atoms with van der Waals surface area (Å²) >= 11 is 0. The summed E-state index contributed by atoms with van der Waals surface area (Å²) < 4.78 is 26.4. The maximum atomic E-state index is 11.9. The first-order valence-electron chi connectivity index (χ1n) is 7.07. The highest BCUT2D eigenvalue weighted by Crippen LogP contribution is 2.19. The van der Waals surface area contributed by atoms with Gasteiger partial charge in [0, 0.05) is 29.2 Å². The molecule has 0 aliphatic carbocycles. The Balaban J connectivity index is 1.90. The molecule has 0 aliphatic heterocycles. The van der Waals surface area contributed by atoms with Crippen LogP contribution in [0.3, 0.4) is 0 Å². The van der Waals surface area contributed by atoms with E-state index in [-0.39, 0.29) is 0 Å². The number of hydrogen-bond donors (Lipinski definition) is 1. The molecular weight excluding hydrogens is 312 g/mol. The zero-order valence-electron chi connectivity index (χ0n) is 12.6. The van der Waals surface area contributed by atoms with Crippen LogP contribution in [0.4, 0.5) is 0 Å². The van der Waals surface area contributed by atoms with Gasteiger partial charge in [-0.1, -0.05) is 30.3 Å². The number of hydrogen-bond acceptors (Lipinski definition) is 3. The van der Waals surface area contributed by atoms with E-state index in [2.05, 4.69) is 16.7 Å². The van der Waals surface area contributed by atoms with Gasteiger partial charge in [0.2, 0.25) is 10.0 Å². The molecule has 0 unspecified atom stereocenters. The van der Waals surface area contributed by atoms with Crippen molar-refractivity contribution in [2.75, 3.05) is 6.26 Å². The molecule has 3 aromatic rings. The number of carbonyl (C=O) groups is 1. The lowest BCUT2D eigenvalue weighted by molar-refractivity contribution is 0.0982. The topological polar surface area (TPSA) is 68.2 Å². The molecule has 0 aliphatic rings. The van der Waals surface area contributed by atoms with Crippen LogP contribution in [-0.4, -0.2) is 25.1 Å². The minimum atomic E-state index is -3.57. The molecule has 6 heteroatoms. The second kappa shape index (κ2) is 5.89. The number of amides is 1. The fourth-order valence-electron chi connectivity index (χ4n) is 2.49. The Kier molecular flexibility index (Phi) is 3.92. The van der Waals surface area contributed by atoms with E-state index in [4.69, 9.17) is 0 Å². The van der Waals surface area contributed by atoms with Gasteiger partial charge < -0.3 is 4.57 Å². The van der Waals surface area contributed by atoms with Crippen LogP contribution >= 0.6 is 0 Å². The first-order chi connectivity index (χ1) is 10.9. The molecule has 0 atom stereocenters. The number of benzene rings is 2. The van der Waals surface area contributed by atoms with Crippen molar-refractivity contribution in [3.8, 4) is 0 Å². The molecule has 0 fully saturated rings. The van der Waals surface area contributed by atoms with Crippen LogP contribution < -0.4 is 4.72 Å². The lowest BCUT2D eigenvalue weighted by Gasteiger charge is -2.07. The van der Waals surface area contributed by atoms with Crippen molar-refractivity contribution in [3.05, 3.63) is 71.9 Å². The molecule has 0 radical (unpaired) electrons. The molecule has 0 bridgehead atoms. The smallest absolute Gasteiger partial charge is 0.264 e. The molecule has 0 spiro atoms. The molecule has 3 rings (SSSR count). The largest absolute Gasteiger partial charge is 0.343 e. The third-order valence-electron chi connectivity index (χ3n) is 3.51. The Morgan fingerprint density at radius 3 is 2.52 bits per heavy atom. The number of aromatic nitrogens is 1. The number of fused-ring (bicyclic) bond motifs is 1. The summed E-state index contributed by atoms with van der Waals surface area (Å²) in [6.45, 7) is 0.735. The van der Waals surface area contributed by atoms with Gasteiger partial charge in [-0.2, -0.15) is 0 Å². The maximum Gasteiger partial charge on any atom is 0.264 e. The highest BCUT2D eigenvalue weighted by atomic mass is 32.2. The molecule has 1 N–H and O–H groups in total. The predicted octanol–water partition coefficient (Wildman–Crippen LogP) is 2.38. The minimum absolute atomic E-state index is 0.320. The number of nitrogens with zero attached hydrogens (tertiary/aromatic N) is 1. The van der Waals surface area contributed by atoms with Crippen LogP contribution in [0.25, 0.3) is 10.9 Å². The van der Waals surface area contributed by atoms with Crippen molar-refractivity contribution >= 4 is 26.8 Å². The Morgan fingerprint density at radius 1 is 1.09 bits per heavy atom. The van der Waals surface area contributed by atoms with E-state index in [1.807, 2.05) is 41.3 Å². The highest BCUT2D eigenvalue weighted by molar-refractivity contribution is 7.89. The van der Waals surface area contributed by atoms with E-state index in [1.54, 1.807) is 12.1 Å². The summed E-state index contributed by atoms with van der Waals surface area (Å²) in [6, 6.07) is 17.1. The van der Waals surface area contributed by atoms with E-state index >= 15 is 0 Å². The number of carbonyl (C=O) groups excluding carboxylic acids is 1. The predicted molar refractivity (Wildman–Crippen MR) is 89.8 cm³/mol. The molecule has 0 saturated carbocycles. The number of sulfonamides is 1. The Bertz CT molecular complexity index is 960. The number of nitrogens with one attached hydrogen (secondary N) is 1. The summed E-state index contributed by atoms with van der Waals surface area (Å²) in [4.78, 5) is 11.9. The lowest BCUT2D eigenvalue weighted by atomic mass is 10.1. The van der Waals surface area contributed by atoms with Gasteiger partial charge in [-0.15, -0.1) is 0 Å². The van der Waals surface area contributed by atoms with Crippen molar-refractivity contribution in [3.63, 3.8) is 0 Å². The van der Waals surface area contributed by atoms with Crippen LogP contribution in [0.2, 0.25) is 0 Å². The molecular formula is C17H16N2O3S. The standard InChI is InChI=1S/C17H16N2O3S/c1-23(21,22)18-17(20)15-7-8-16-14(11-15)9-10-19(16)12-13-5-3-2-4-6-13/h2-11H,12H2,1H3,(H,18,20). The van der Waals surface area contributed by atoms with Gasteiger partial charge in [0.1, 0.15) is 0 Å². The summed E-state index contributed by atoms with van der Waals surface area (Å²) in [7, 11) is -3.57. The SMILES string of the molecule is CS(=O)(=O)NC(=O)c1ccc2c(ccn2Cc2ccccc2)c1. The Morgan fingerprint density at radius 2 is 1.83 bits per heavy atom. The first-order valence-corrected chi connectivity index (χ1v) is 8.96. The monoisotopic (exact) mass is 328 g/mol. The fraction of sp³-hybridized carbons (Fsp3) is 0.118. The molecule has 1 heterocycles. The Hall–Kier alpha value is -2.60. The van der Waals surface area contributed by atoms with Gasteiger partial charge in [-0.05, 0) is 29.8 Å². The van der Waals surface area contributed by atoms with Crippen LogP contribution in [-0.2, 0) is 16.6 Å². The third kappa shape index (κ3) is 3.60. The van der Waals surface area contributed by atoms with Crippen LogP contribution in [0.5, 0.6) is 0 Å². The molecule has 118 valence electrons. The average molecular weight is 328 g/mol. The van der Waals surface area contributed by atoms with Crippen molar-refractivity contribution in [1.29, 1.82) is 0 Å². The van der Waals surface area contributed by atoms with E-state index in [0.717, 1.165) is 23.7 Å². The normalized spacial score (nSPS) is 11.5. The third-order valence-corrected chi connectivity index (χ3v) is 4.06. The van der Waals surface area contributed by atoms with Gasteiger partial charge >= 0.3 is 0 Å². The lowest BCUT2D eigenvalue weighted by Crippen LogP contribution is -2.29. The summed E-state index contributed by atoms with van der Waals surface area (Å²) in [5.74, 6) is -0.620. The number of rotatable bonds is 4. The van der Waals surface area contributed by atoms with Gasteiger partial charge in [-0.25, -0.2) is 13.1 Å². The first kappa shape index (κ1) is 15.3. The van der Waals surface area contributed by atoms with Crippen molar-refractivity contribution in [1.82, 2.24) is 9.29 Å². The molecule has 23 heavy (non-hydrogen) atoms. The van der Waals surface area contributed by atoms with E-state index < -0.39 is 15.9 Å². The molecule has 0 saturated heterocycles. The summed E-state index contributed by atoms with van der Waals surface area (Å²) in [6.07, 6.45) is 2.91. The zero-order chi connectivity index (χ0) is 16.4. The van der Waals surface area contributed by atoms with Crippen molar-refractivity contribution in [2.24, 2.45) is 0 Å².